The smallest absolute Gasteiger partial charge is 0.412 e. The van der Waals surface area contributed by atoms with E-state index in [1.165, 1.54) is 37.7 Å². The molecule has 1 aromatic carbocycles. The molecule has 0 spiro atoms. The van der Waals surface area contributed by atoms with Gasteiger partial charge in [-0.2, -0.15) is 0 Å². The maximum atomic E-state index is 11.5. The normalized spacial score (nSPS) is 13.7. The molecule has 1 aliphatic rings. The van der Waals surface area contributed by atoms with Gasteiger partial charge in [0.15, 0.2) is 0 Å². The van der Waals surface area contributed by atoms with Crippen molar-refractivity contribution in [2.75, 3.05) is 20.1 Å². The number of nitrogens with zero attached hydrogens (tertiary/aromatic N) is 2. The fourth-order valence-corrected chi connectivity index (χ4v) is 2.20. The summed E-state index contributed by atoms with van der Waals surface area (Å²) in [6, 6.07) is 5.23. The van der Waals surface area contributed by atoms with Crippen LogP contribution in [0.4, 0.5) is 15.3 Å². The number of ether oxygens (including phenoxy) is 2. The van der Waals surface area contributed by atoms with Crippen LogP contribution < -0.4 is 10.1 Å². The molecule has 27 heavy (non-hydrogen) atoms. The van der Waals surface area contributed by atoms with Crippen molar-refractivity contribution in [3.8, 4) is 5.75 Å². The number of rotatable bonds is 2. The maximum Gasteiger partial charge on any atom is 0.412 e. The fourth-order valence-electron chi connectivity index (χ4n) is 2.20. The third-order valence-electron chi connectivity index (χ3n) is 3.47. The summed E-state index contributed by atoms with van der Waals surface area (Å²) in [4.78, 5) is 33.8. The van der Waals surface area contributed by atoms with Crippen LogP contribution in [-0.2, 0) is 4.74 Å². The Balaban J connectivity index is 0.000000271. The average molecular weight is 381 g/mol. The monoisotopic (exact) mass is 381 g/mol. The third kappa shape index (κ3) is 8.89. The van der Waals surface area contributed by atoms with Crippen molar-refractivity contribution < 1.29 is 24.0 Å². The number of non-ortho nitro benzene ring substituents is 1. The first kappa shape index (κ1) is 22.2. The first-order valence-electron chi connectivity index (χ1n) is 8.74. The number of hydrogen-bond acceptors (Lipinski definition) is 6. The molecule has 1 aliphatic heterocycles. The van der Waals surface area contributed by atoms with Gasteiger partial charge in [-0.25, -0.2) is 9.59 Å². The topological polar surface area (TPSA) is 111 Å². The fraction of sp³-hybridized carbons (Fsp3) is 0.556. The number of piperidine rings is 1. The van der Waals surface area contributed by atoms with Gasteiger partial charge in [0.2, 0.25) is 0 Å². The second kappa shape index (κ2) is 10.3. The number of nitro benzene ring substituents is 1. The molecule has 0 unspecified atom stereocenters. The molecule has 1 heterocycles. The first-order chi connectivity index (χ1) is 12.6. The zero-order valence-corrected chi connectivity index (χ0v) is 16.2. The van der Waals surface area contributed by atoms with Crippen molar-refractivity contribution in [3.63, 3.8) is 0 Å². The van der Waals surface area contributed by atoms with Gasteiger partial charge in [0.1, 0.15) is 11.4 Å². The average Bonchev–Trinajstić information content (AvgIpc) is 2.62. The van der Waals surface area contributed by atoms with Crippen LogP contribution in [0.1, 0.15) is 40.0 Å². The van der Waals surface area contributed by atoms with Gasteiger partial charge in [-0.3, -0.25) is 10.1 Å². The Labute approximate surface area is 158 Å². The minimum absolute atomic E-state index is 0.0470. The van der Waals surface area contributed by atoms with E-state index in [0.717, 1.165) is 25.9 Å². The summed E-state index contributed by atoms with van der Waals surface area (Å²) in [5.41, 5.74) is -0.414. The highest BCUT2D eigenvalue weighted by atomic mass is 16.6. The molecule has 9 heteroatoms. The Morgan fingerprint density at radius 3 is 2.11 bits per heavy atom. The Morgan fingerprint density at radius 1 is 1.11 bits per heavy atom. The lowest BCUT2D eigenvalue weighted by Gasteiger charge is -2.29. The lowest BCUT2D eigenvalue weighted by atomic mass is 10.1. The Hall–Kier alpha value is -2.84. The van der Waals surface area contributed by atoms with E-state index >= 15 is 0 Å². The third-order valence-corrected chi connectivity index (χ3v) is 3.47. The van der Waals surface area contributed by atoms with Crippen LogP contribution >= 0.6 is 0 Å². The molecule has 0 bridgehead atoms. The minimum Gasteiger partial charge on any atom is -0.444 e. The molecule has 0 aromatic heterocycles. The van der Waals surface area contributed by atoms with Gasteiger partial charge in [-0.05, 0) is 52.2 Å². The van der Waals surface area contributed by atoms with Crippen LogP contribution in [0.15, 0.2) is 24.3 Å². The summed E-state index contributed by atoms with van der Waals surface area (Å²) < 4.78 is 9.99. The van der Waals surface area contributed by atoms with E-state index in [0.29, 0.717) is 0 Å². The SMILES string of the molecule is CC(C)(C)OC(=O)N1CCCCC1.CNC(=O)Oc1ccc([N+](=O)[O-])cc1. The van der Waals surface area contributed by atoms with Crippen molar-refractivity contribution in [3.05, 3.63) is 34.4 Å². The summed E-state index contributed by atoms with van der Waals surface area (Å²) in [5, 5.41) is 12.5. The van der Waals surface area contributed by atoms with E-state index in [1.807, 2.05) is 20.8 Å². The van der Waals surface area contributed by atoms with Crippen LogP contribution in [-0.4, -0.2) is 47.7 Å². The van der Waals surface area contributed by atoms with Crippen LogP contribution in [0.3, 0.4) is 0 Å². The molecule has 0 radical (unpaired) electrons. The molecule has 0 atom stereocenters. The number of carbonyl (C=O) groups is 2. The van der Waals surface area contributed by atoms with Crippen molar-refractivity contribution in [1.82, 2.24) is 10.2 Å². The molecule has 9 nitrogen and oxygen atoms in total. The number of carbonyl (C=O) groups excluding carboxylic acids is 2. The van der Waals surface area contributed by atoms with E-state index < -0.39 is 11.0 Å². The van der Waals surface area contributed by atoms with Crippen molar-refractivity contribution in [2.24, 2.45) is 0 Å². The zero-order valence-electron chi connectivity index (χ0n) is 16.2. The second-order valence-corrected chi connectivity index (χ2v) is 6.92. The van der Waals surface area contributed by atoms with Gasteiger partial charge in [-0.1, -0.05) is 0 Å². The number of hydrogen-bond donors (Lipinski definition) is 1. The number of benzene rings is 1. The molecule has 150 valence electrons. The van der Waals surface area contributed by atoms with E-state index in [1.54, 1.807) is 4.90 Å². The van der Waals surface area contributed by atoms with Crippen molar-refractivity contribution in [2.45, 2.75) is 45.6 Å². The predicted molar refractivity (Wildman–Crippen MR) is 99.8 cm³/mol. The number of amides is 2. The van der Waals surface area contributed by atoms with Gasteiger partial charge < -0.3 is 19.7 Å². The summed E-state index contributed by atoms with van der Waals surface area (Å²) in [6.45, 7) is 7.41. The largest absolute Gasteiger partial charge is 0.444 e. The van der Waals surface area contributed by atoms with Crippen molar-refractivity contribution >= 4 is 17.9 Å². The zero-order chi connectivity index (χ0) is 20.4. The highest BCUT2D eigenvalue weighted by molar-refractivity contribution is 5.70. The molecule has 1 saturated heterocycles. The van der Waals surface area contributed by atoms with E-state index in [-0.39, 0.29) is 23.1 Å². The Kier molecular flexibility index (Phi) is 8.50. The second-order valence-electron chi connectivity index (χ2n) is 6.92. The summed E-state index contributed by atoms with van der Waals surface area (Å²) in [6.07, 6.45) is 2.68. The summed E-state index contributed by atoms with van der Waals surface area (Å²) in [7, 11) is 1.42. The predicted octanol–water partition coefficient (Wildman–Crippen LogP) is 3.72. The number of likely N-dealkylation sites (tertiary alicyclic amines) is 1. The minimum atomic E-state index is -0.612. The van der Waals surface area contributed by atoms with Gasteiger partial charge >= 0.3 is 12.2 Å². The van der Waals surface area contributed by atoms with Crippen LogP contribution in [0, 0.1) is 10.1 Å². The molecule has 1 N–H and O–H groups in total. The number of nitro groups is 1. The first-order valence-corrected chi connectivity index (χ1v) is 8.74. The molecule has 0 aliphatic carbocycles. The van der Waals surface area contributed by atoms with Crippen molar-refractivity contribution in [1.29, 1.82) is 0 Å². The highest BCUT2D eigenvalue weighted by Crippen LogP contribution is 2.17. The maximum absolute atomic E-state index is 11.5. The van der Waals surface area contributed by atoms with E-state index in [2.05, 4.69) is 5.32 Å². The lowest BCUT2D eigenvalue weighted by Crippen LogP contribution is -2.39. The molecule has 0 saturated carbocycles. The van der Waals surface area contributed by atoms with Gasteiger partial charge in [-0.15, -0.1) is 0 Å². The molecule has 1 fully saturated rings. The van der Waals surface area contributed by atoms with E-state index in [9.17, 15) is 19.7 Å². The standard InChI is InChI=1S/C10H19NO2.C8H8N2O4/c1-10(2,3)13-9(12)11-7-5-4-6-8-11;1-9-8(11)14-7-4-2-6(3-5-7)10(12)13/h4-8H2,1-3H3;2-5H,1H3,(H,9,11). The molecule has 2 rings (SSSR count). The Bertz CT molecular complexity index is 633. The molecular formula is C18H27N3O6. The quantitative estimate of drug-likeness (QED) is 0.617. The van der Waals surface area contributed by atoms with Crippen LogP contribution in [0.2, 0.25) is 0 Å². The highest BCUT2D eigenvalue weighted by Gasteiger charge is 2.22. The molecule has 2 amide bonds. The van der Waals surface area contributed by atoms with Crippen LogP contribution in [0.25, 0.3) is 0 Å². The van der Waals surface area contributed by atoms with Gasteiger partial charge in [0.25, 0.3) is 5.69 Å². The van der Waals surface area contributed by atoms with Gasteiger partial charge in [0.05, 0.1) is 4.92 Å². The van der Waals surface area contributed by atoms with Gasteiger partial charge in [0, 0.05) is 32.3 Å². The summed E-state index contributed by atoms with van der Waals surface area (Å²) in [5.74, 6) is 0.259. The summed E-state index contributed by atoms with van der Waals surface area (Å²) >= 11 is 0. The molecule has 1 aromatic rings. The van der Waals surface area contributed by atoms with Crippen LogP contribution in [0.5, 0.6) is 5.75 Å². The lowest BCUT2D eigenvalue weighted by molar-refractivity contribution is -0.384. The molecular weight excluding hydrogens is 354 g/mol. The van der Waals surface area contributed by atoms with E-state index in [4.69, 9.17) is 9.47 Å². The number of nitrogens with one attached hydrogen (secondary N) is 1. The Morgan fingerprint density at radius 2 is 1.67 bits per heavy atom.